The first kappa shape index (κ1) is 18.0. The molecule has 0 spiro atoms. The summed E-state index contributed by atoms with van der Waals surface area (Å²) in [5.74, 6) is -0.462. The SMILES string of the molecule is CCOC(=O)C=Cc1cc(Sc2ccc3ccccc3c2)c(C)[nH]c1=O. The van der Waals surface area contributed by atoms with Gasteiger partial charge in [-0.15, -0.1) is 0 Å². The summed E-state index contributed by atoms with van der Waals surface area (Å²) in [5, 5.41) is 2.36. The largest absolute Gasteiger partial charge is 0.463 e. The minimum Gasteiger partial charge on any atom is -0.463 e. The van der Waals surface area contributed by atoms with Crippen LogP contribution in [0.2, 0.25) is 0 Å². The summed E-state index contributed by atoms with van der Waals surface area (Å²) >= 11 is 1.58. The minimum absolute atomic E-state index is 0.231. The molecule has 4 nitrogen and oxygen atoms in total. The molecule has 3 aromatic rings. The van der Waals surface area contributed by atoms with Crippen molar-refractivity contribution < 1.29 is 9.53 Å². The van der Waals surface area contributed by atoms with E-state index in [9.17, 15) is 9.59 Å². The lowest BCUT2D eigenvalue weighted by Gasteiger charge is -2.08. The number of H-pyrrole nitrogens is 1. The summed E-state index contributed by atoms with van der Waals surface area (Å²) in [6.45, 7) is 3.91. The minimum atomic E-state index is -0.462. The van der Waals surface area contributed by atoms with Gasteiger partial charge in [0.15, 0.2) is 0 Å². The van der Waals surface area contributed by atoms with Gasteiger partial charge in [-0.3, -0.25) is 4.79 Å². The lowest BCUT2D eigenvalue weighted by atomic mass is 10.1. The summed E-state index contributed by atoms with van der Waals surface area (Å²) in [6.07, 6.45) is 2.76. The summed E-state index contributed by atoms with van der Waals surface area (Å²) < 4.78 is 4.85. The van der Waals surface area contributed by atoms with Gasteiger partial charge in [0, 0.05) is 27.1 Å². The van der Waals surface area contributed by atoms with E-state index in [0.29, 0.717) is 12.2 Å². The van der Waals surface area contributed by atoms with Crippen molar-refractivity contribution in [2.45, 2.75) is 23.6 Å². The molecule has 0 atom stereocenters. The summed E-state index contributed by atoms with van der Waals surface area (Å²) in [4.78, 5) is 28.4. The van der Waals surface area contributed by atoms with Gasteiger partial charge in [-0.2, -0.15) is 0 Å². The predicted molar refractivity (Wildman–Crippen MR) is 106 cm³/mol. The number of carbonyl (C=O) groups excluding carboxylic acids is 1. The van der Waals surface area contributed by atoms with Crippen molar-refractivity contribution in [3.05, 3.63) is 76.2 Å². The summed E-state index contributed by atoms with van der Waals surface area (Å²) in [7, 11) is 0. The number of fused-ring (bicyclic) bond motifs is 1. The Morgan fingerprint density at radius 2 is 1.92 bits per heavy atom. The number of nitrogens with one attached hydrogen (secondary N) is 1. The van der Waals surface area contributed by atoms with Gasteiger partial charge in [0.25, 0.3) is 5.56 Å². The maximum atomic E-state index is 12.1. The van der Waals surface area contributed by atoms with Crippen LogP contribution >= 0.6 is 11.8 Å². The molecule has 0 radical (unpaired) electrons. The molecule has 3 rings (SSSR count). The quantitative estimate of drug-likeness (QED) is 0.532. The molecule has 1 heterocycles. The highest BCUT2D eigenvalue weighted by atomic mass is 32.2. The first-order valence-electron chi connectivity index (χ1n) is 8.32. The van der Waals surface area contributed by atoms with Gasteiger partial charge in [-0.25, -0.2) is 4.79 Å². The van der Waals surface area contributed by atoms with Crippen molar-refractivity contribution in [3.8, 4) is 0 Å². The van der Waals surface area contributed by atoms with Gasteiger partial charge >= 0.3 is 5.97 Å². The van der Waals surface area contributed by atoms with E-state index < -0.39 is 5.97 Å². The molecule has 0 aliphatic rings. The molecule has 26 heavy (non-hydrogen) atoms. The maximum Gasteiger partial charge on any atom is 0.330 e. The zero-order valence-corrected chi connectivity index (χ0v) is 15.4. The van der Waals surface area contributed by atoms with Gasteiger partial charge < -0.3 is 9.72 Å². The molecular weight excluding hydrogens is 346 g/mol. The van der Waals surface area contributed by atoms with Crippen molar-refractivity contribution in [2.24, 2.45) is 0 Å². The number of hydrogen-bond acceptors (Lipinski definition) is 4. The second-order valence-electron chi connectivity index (χ2n) is 5.74. The molecule has 0 aliphatic heterocycles. The second-order valence-corrected chi connectivity index (χ2v) is 6.85. The van der Waals surface area contributed by atoms with Gasteiger partial charge in [0.05, 0.1) is 6.61 Å². The number of aryl methyl sites for hydroxylation is 1. The van der Waals surface area contributed by atoms with Crippen LogP contribution in [0, 0.1) is 6.92 Å². The number of esters is 1. The first-order chi connectivity index (χ1) is 12.6. The molecular formula is C21H19NO3S. The molecule has 1 N–H and O–H groups in total. The third-order valence-corrected chi connectivity index (χ3v) is 4.99. The second kappa shape index (κ2) is 8.06. The van der Waals surface area contributed by atoms with Gasteiger partial charge in [0.2, 0.25) is 0 Å². The standard InChI is InChI=1S/C21H19NO3S/c1-3-25-20(23)11-9-17-13-19(14(2)22-21(17)24)26-18-10-8-15-6-4-5-7-16(15)12-18/h4-13H,3H2,1-2H3,(H,22,24). The zero-order chi connectivity index (χ0) is 18.5. The molecule has 0 bridgehead atoms. The third kappa shape index (κ3) is 4.24. The van der Waals surface area contributed by atoms with E-state index in [2.05, 4.69) is 35.3 Å². The normalized spacial score (nSPS) is 11.2. The van der Waals surface area contributed by atoms with Crippen molar-refractivity contribution in [1.82, 2.24) is 4.98 Å². The van der Waals surface area contributed by atoms with Crippen LogP contribution in [0.3, 0.4) is 0 Å². The third-order valence-electron chi connectivity index (χ3n) is 3.85. The number of aromatic amines is 1. The number of pyridine rings is 1. The van der Waals surface area contributed by atoms with Crippen molar-refractivity contribution in [3.63, 3.8) is 0 Å². The van der Waals surface area contributed by atoms with Crippen LogP contribution in [0.25, 0.3) is 16.8 Å². The van der Waals surface area contributed by atoms with Crippen molar-refractivity contribution >= 4 is 34.6 Å². The van der Waals surface area contributed by atoms with Crippen LogP contribution in [0.4, 0.5) is 0 Å². The Kier molecular flexibility index (Phi) is 5.58. The number of hydrogen-bond donors (Lipinski definition) is 1. The van der Waals surface area contributed by atoms with Gasteiger partial charge in [-0.05, 0) is 48.9 Å². The Morgan fingerprint density at radius 3 is 2.69 bits per heavy atom. The maximum absolute atomic E-state index is 12.1. The predicted octanol–water partition coefficient (Wildman–Crippen LogP) is 4.56. The van der Waals surface area contributed by atoms with E-state index in [1.54, 1.807) is 24.8 Å². The highest BCUT2D eigenvalue weighted by molar-refractivity contribution is 7.99. The topological polar surface area (TPSA) is 59.2 Å². The number of aromatic nitrogens is 1. The number of rotatable bonds is 5. The Labute approximate surface area is 155 Å². The first-order valence-corrected chi connectivity index (χ1v) is 9.14. The fourth-order valence-corrected chi connectivity index (χ4v) is 3.52. The van der Waals surface area contributed by atoms with E-state index in [1.165, 1.54) is 22.9 Å². The van der Waals surface area contributed by atoms with Gasteiger partial charge in [-0.1, -0.05) is 42.1 Å². The molecule has 0 fully saturated rings. The molecule has 0 aliphatic carbocycles. The fourth-order valence-electron chi connectivity index (χ4n) is 2.55. The molecule has 132 valence electrons. The lowest BCUT2D eigenvalue weighted by molar-refractivity contribution is -0.137. The zero-order valence-electron chi connectivity index (χ0n) is 14.6. The van der Waals surface area contributed by atoms with E-state index >= 15 is 0 Å². The lowest BCUT2D eigenvalue weighted by Crippen LogP contribution is -2.11. The van der Waals surface area contributed by atoms with Crippen molar-refractivity contribution in [2.75, 3.05) is 6.61 Å². The highest BCUT2D eigenvalue weighted by Crippen LogP contribution is 2.31. The van der Waals surface area contributed by atoms with Crippen LogP contribution in [0.1, 0.15) is 18.2 Å². The monoisotopic (exact) mass is 365 g/mol. The average Bonchev–Trinajstić information content (AvgIpc) is 2.63. The number of carbonyl (C=O) groups is 1. The Balaban J connectivity index is 1.90. The van der Waals surface area contributed by atoms with E-state index in [-0.39, 0.29) is 5.56 Å². The molecule has 0 amide bonds. The molecule has 0 saturated carbocycles. The van der Waals surface area contributed by atoms with Crippen LogP contribution in [-0.2, 0) is 9.53 Å². The molecule has 0 saturated heterocycles. The highest BCUT2D eigenvalue weighted by Gasteiger charge is 2.07. The van der Waals surface area contributed by atoms with Gasteiger partial charge in [0.1, 0.15) is 0 Å². The van der Waals surface area contributed by atoms with Crippen LogP contribution < -0.4 is 5.56 Å². The Hall–Kier alpha value is -2.79. The Bertz CT molecular complexity index is 1040. The van der Waals surface area contributed by atoms with E-state index in [1.807, 2.05) is 19.1 Å². The number of benzene rings is 2. The van der Waals surface area contributed by atoms with E-state index in [0.717, 1.165) is 15.5 Å². The smallest absolute Gasteiger partial charge is 0.330 e. The summed E-state index contributed by atoms with van der Waals surface area (Å²) in [6, 6.07) is 16.2. The molecule has 1 aromatic heterocycles. The molecule has 0 unspecified atom stereocenters. The fraction of sp³-hybridized carbons (Fsp3) is 0.143. The average molecular weight is 365 g/mol. The van der Waals surface area contributed by atoms with Crippen molar-refractivity contribution in [1.29, 1.82) is 0 Å². The summed E-state index contributed by atoms with van der Waals surface area (Å²) in [5.41, 5.74) is 0.985. The molecule has 2 aromatic carbocycles. The Morgan fingerprint density at radius 1 is 1.15 bits per heavy atom. The molecule has 5 heteroatoms. The number of ether oxygens (including phenoxy) is 1. The van der Waals surface area contributed by atoms with E-state index in [4.69, 9.17) is 4.74 Å². The van der Waals surface area contributed by atoms with Crippen LogP contribution in [0.15, 0.2) is 69.2 Å². The van der Waals surface area contributed by atoms with Crippen LogP contribution in [0.5, 0.6) is 0 Å². The van der Waals surface area contributed by atoms with Crippen LogP contribution in [-0.4, -0.2) is 17.6 Å².